The molecule has 0 aromatic carbocycles. The number of hydrogen-bond acceptors (Lipinski definition) is 1. The maximum Gasteiger partial charge on any atom is 0.0514 e. The van der Waals surface area contributed by atoms with E-state index in [2.05, 4.69) is 13.8 Å². The smallest absolute Gasteiger partial charge is 0.0514 e. The van der Waals surface area contributed by atoms with Crippen LogP contribution in [0, 0.1) is 5.92 Å². The van der Waals surface area contributed by atoms with Gasteiger partial charge in [0.2, 0.25) is 0 Å². The van der Waals surface area contributed by atoms with E-state index >= 15 is 0 Å². The van der Waals surface area contributed by atoms with E-state index in [0.717, 1.165) is 12.3 Å². The molecule has 0 bridgehead atoms. The van der Waals surface area contributed by atoms with E-state index in [9.17, 15) is 5.11 Å². The molecule has 0 rings (SSSR count). The number of unbranched alkanes of at least 4 members (excludes halogenated alkanes) is 4. The lowest BCUT2D eigenvalue weighted by atomic mass is 9.93. The van der Waals surface area contributed by atoms with E-state index in [1.165, 1.54) is 44.9 Å². The van der Waals surface area contributed by atoms with Crippen molar-refractivity contribution in [3.63, 3.8) is 0 Å². The molecule has 0 saturated carbocycles. The summed E-state index contributed by atoms with van der Waals surface area (Å²) in [5, 5.41) is 9.29. The monoisotopic (exact) mass is 200 g/mol. The van der Waals surface area contributed by atoms with Crippen LogP contribution in [0.4, 0.5) is 0 Å². The van der Waals surface area contributed by atoms with E-state index in [4.69, 9.17) is 0 Å². The summed E-state index contributed by atoms with van der Waals surface area (Å²) < 4.78 is 0. The molecule has 2 atom stereocenters. The molecular weight excluding hydrogens is 172 g/mol. The minimum atomic E-state index is -0.115. The SMILES string of the molecule is CCCCCCCC(CC)C[C@@H](C)O. The molecule has 0 aliphatic carbocycles. The maximum atomic E-state index is 9.29. The minimum Gasteiger partial charge on any atom is -0.393 e. The van der Waals surface area contributed by atoms with Crippen LogP contribution in [-0.2, 0) is 0 Å². The largest absolute Gasteiger partial charge is 0.393 e. The number of hydrogen-bond donors (Lipinski definition) is 1. The summed E-state index contributed by atoms with van der Waals surface area (Å²) in [5.41, 5.74) is 0. The first-order valence-electron chi connectivity index (χ1n) is 6.38. The molecule has 0 aromatic rings. The molecule has 1 nitrogen and oxygen atoms in total. The predicted octanol–water partition coefficient (Wildman–Crippen LogP) is 4.14. The van der Waals surface area contributed by atoms with Crippen LogP contribution in [0.25, 0.3) is 0 Å². The van der Waals surface area contributed by atoms with Crippen LogP contribution >= 0.6 is 0 Å². The third kappa shape index (κ3) is 8.55. The fraction of sp³-hybridized carbons (Fsp3) is 1.00. The zero-order chi connectivity index (χ0) is 10.8. The number of aliphatic hydroxyl groups is 1. The summed E-state index contributed by atoms with van der Waals surface area (Å²) in [4.78, 5) is 0. The first kappa shape index (κ1) is 14.0. The standard InChI is InChI=1S/C13H28O/c1-4-6-7-8-9-10-13(5-2)11-12(3)14/h12-14H,4-11H2,1-3H3/t12-,13?/m1/s1. The van der Waals surface area contributed by atoms with Gasteiger partial charge in [-0.2, -0.15) is 0 Å². The summed E-state index contributed by atoms with van der Waals surface area (Å²) in [6.07, 6.45) is 10.2. The van der Waals surface area contributed by atoms with Gasteiger partial charge in [-0.25, -0.2) is 0 Å². The van der Waals surface area contributed by atoms with Gasteiger partial charge in [0.1, 0.15) is 0 Å². The summed E-state index contributed by atoms with van der Waals surface area (Å²) in [6.45, 7) is 6.39. The molecule has 0 fully saturated rings. The fourth-order valence-electron chi connectivity index (χ4n) is 2.01. The highest BCUT2D eigenvalue weighted by molar-refractivity contribution is 4.61. The molecule has 0 aliphatic rings. The van der Waals surface area contributed by atoms with E-state index in [-0.39, 0.29) is 6.10 Å². The van der Waals surface area contributed by atoms with Gasteiger partial charge in [0.15, 0.2) is 0 Å². The Morgan fingerprint density at radius 1 is 1.00 bits per heavy atom. The molecule has 86 valence electrons. The third-order valence-electron chi connectivity index (χ3n) is 2.97. The van der Waals surface area contributed by atoms with Crippen molar-refractivity contribution in [2.45, 2.75) is 78.2 Å². The van der Waals surface area contributed by atoms with Crippen molar-refractivity contribution < 1.29 is 5.11 Å². The zero-order valence-electron chi connectivity index (χ0n) is 10.3. The van der Waals surface area contributed by atoms with Gasteiger partial charge in [-0.1, -0.05) is 58.8 Å². The van der Waals surface area contributed by atoms with Crippen LogP contribution in [0.3, 0.4) is 0 Å². The van der Waals surface area contributed by atoms with E-state index in [1.54, 1.807) is 0 Å². The highest BCUT2D eigenvalue weighted by Gasteiger charge is 2.08. The van der Waals surface area contributed by atoms with Gasteiger partial charge in [-0.3, -0.25) is 0 Å². The second kappa shape index (κ2) is 9.51. The van der Waals surface area contributed by atoms with E-state index in [0.29, 0.717) is 0 Å². The lowest BCUT2D eigenvalue weighted by Gasteiger charge is -2.16. The van der Waals surface area contributed by atoms with Gasteiger partial charge in [0, 0.05) is 0 Å². The molecule has 0 aliphatic heterocycles. The first-order chi connectivity index (χ1) is 6.70. The van der Waals surface area contributed by atoms with Crippen molar-refractivity contribution in [1.29, 1.82) is 0 Å². The molecule has 1 heteroatoms. The molecule has 0 radical (unpaired) electrons. The van der Waals surface area contributed by atoms with E-state index < -0.39 is 0 Å². The van der Waals surface area contributed by atoms with Gasteiger partial charge in [-0.05, 0) is 19.3 Å². The minimum absolute atomic E-state index is 0.115. The maximum absolute atomic E-state index is 9.29. The van der Waals surface area contributed by atoms with Gasteiger partial charge in [0.25, 0.3) is 0 Å². The number of rotatable bonds is 9. The van der Waals surface area contributed by atoms with Crippen molar-refractivity contribution in [3.8, 4) is 0 Å². The molecule has 0 aromatic heterocycles. The molecular formula is C13H28O. The normalized spacial score (nSPS) is 15.4. The average Bonchev–Trinajstić information content (AvgIpc) is 2.15. The first-order valence-corrected chi connectivity index (χ1v) is 6.38. The molecule has 0 spiro atoms. The van der Waals surface area contributed by atoms with Crippen molar-refractivity contribution in [2.75, 3.05) is 0 Å². The molecule has 0 amide bonds. The Hall–Kier alpha value is -0.0400. The van der Waals surface area contributed by atoms with Gasteiger partial charge < -0.3 is 5.11 Å². The summed E-state index contributed by atoms with van der Waals surface area (Å²) in [5.74, 6) is 0.747. The zero-order valence-corrected chi connectivity index (χ0v) is 10.3. The van der Waals surface area contributed by atoms with Crippen LogP contribution in [0.1, 0.15) is 72.1 Å². The summed E-state index contributed by atoms with van der Waals surface area (Å²) in [7, 11) is 0. The Balaban J connectivity index is 3.33. The quantitative estimate of drug-likeness (QED) is 0.554. The Kier molecular flexibility index (Phi) is 9.49. The molecule has 0 heterocycles. The van der Waals surface area contributed by atoms with Crippen molar-refractivity contribution >= 4 is 0 Å². The van der Waals surface area contributed by atoms with Gasteiger partial charge in [-0.15, -0.1) is 0 Å². The Morgan fingerprint density at radius 3 is 2.14 bits per heavy atom. The predicted molar refractivity (Wildman–Crippen MR) is 63.5 cm³/mol. The third-order valence-corrected chi connectivity index (χ3v) is 2.97. The van der Waals surface area contributed by atoms with Crippen LogP contribution in [0.15, 0.2) is 0 Å². The van der Waals surface area contributed by atoms with Crippen molar-refractivity contribution in [3.05, 3.63) is 0 Å². The van der Waals surface area contributed by atoms with Crippen LogP contribution in [-0.4, -0.2) is 11.2 Å². The fourth-order valence-corrected chi connectivity index (χ4v) is 2.01. The molecule has 1 unspecified atom stereocenters. The highest BCUT2D eigenvalue weighted by Crippen LogP contribution is 2.19. The second-order valence-corrected chi connectivity index (χ2v) is 4.56. The Morgan fingerprint density at radius 2 is 1.64 bits per heavy atom. The van der Waals surface area contributed by atoms with Gasteiger partial charge >= 0.3 is 0 Å². The Labute approximate surface area is 89.9 Å². The van der Waals surface area contributed by atoms with Crippen molar-refractivity contribution in [2.24, 2.45) is 5.92 Å². The molecule has 0 saturated heterocycles. The highest BCUT2D eigenvalue weighted by atomic mass is 16.3. The second-order valence-electron chi connectivity index (χ2n) is 4.56. The lowest BCUT2D eigenvalue weighted by Crippen LogP contribution is -2.09. The van der Waals surface area contributed by atoms with Crippen LogP contribution < -0.4 is 0 Å². The van der Waals surface area contributed by atoms with Crippen LogP contribution in [0.5, 0.6) is 0 Å². The number of aliphatic hydroxyl groups excluding tert-OH is 1. The van der Waals surface area contributed by atoms with Crippen molar-refractivity contribution in [1.82, 2.24) is 0 Å². The summed E-state index contributed by atoms with van der Waals surface area (Å²) >= 11 is 0. The van der Waals surface area contributed by atoms with Gasteiger partial charge in [0.05, 0.1) is 6.10 Å². The van der Waals surface area contributed by atoms with Crippen LogP contribution in [0.2, 0.25) is 0 Å². The lowest BCUT2D eigenvalue weighted by molar-refractivity contribution is 0.155. The summed E-state index contributed by atoms with van der Waals surface area (Å²) in [6, 6.07) is 0. The Bertz CT molecular complexity index is 110. The average molecular weight is 200 g/mol. The molecule has 14 heavy (non-hydrogen) atoms. The molecule has 1 N–H and O–H groups in total. The van der Waals surface area contributed by atoms with E-state index in [1.807, 2.05) is 6.92 Å². The topological polar surface area (TPSA) is 20.2 Å².